The molecule has 0 saturated carbocycles. The Morgan fingerprint density at radius 3 is 2.59 bits per heavy atom. The first-order chi connectivity index (χ1) is 10.6. The second-order valence-electron chi connectivity index (χ2n) is 5.67. The second-order valence-corrected chi connectivity index (χ2v) is 5.67. The molecule has 1 aromatic heterocycles. The molecule has 1 atom stereocenters. The number of likely N-dealkylation sites (tertiary alicyclic amines) is 1. The summed E-state index contributed by atoms with van der Waals surface area (Å²) in [6.45, 7) is 4.60. The zero-order chi connectivity index (χ0) is 15.5. The molecule has 2 heterocycles. The van der Waals surface area contributed by atoms with Crippen molar-refractivity contribution < 1.29 is 9.53 Å². The van der Waals surface area contributed by atoms with Crippen LogP contribution in [0.4, 0.5) is 0 Å². The topological polar surface area (TPSA) is 55.3 Å². The van der Waals surface area contributed by atoms with Gasteiger partial charge in [0.25, 0.3) is 0 Å². The molecule has 1 aliphatic rings. The first-order valence-corrected chi connectivity index (χ1v) is 7.47. The molecule has 22 heavy (non-hydrogen) atoms. The van der Waals surface area contributed by atoms with E-state index in [0.717, 1.165) is 17.9 Å². The zero-order valence-corrected chi connectivity index (χ0v) is 12.8. The molecular formula is C17H19N3O2. The van der Waals surface area contributed by atoms with E-state index in [0.29, 0.717) is 18.8 Å². The lowest BCUT2D eigenvalue weighted by Crippen LogP contribution is -2.30. The molecule has 0 aliphatic carbocycles. The Morgan fingerprint density at radius 2 is 2.00 bits per heavy atom. The van der Waals surface area contributed by atoms with Gasteiger partial charge in [-0.15, -0.1) is 0 Å². The molecule has 0 radical (unpaired) electrons. The highest BCUT2D eigenvalue weighted by Crippen LogP contribution is 2.21. The summed E-state index contributed by atoms with van der Waals surface area (Å²) in [5.41, 5.74) is 1.96. The van der Waals surface area contributed by atoms with Crippen molar-refractivity contribution in [2.45, 2.75) is 39.3 Å². The van der Waals surface area contributed by atoms with Crippen LogP contribution in [0.1, 0.15) is 31.0 Å². The van der Waals surface area contributed by atoms with Gasteiger partial charge in [0.1, 0.15) is 5.75 Å². The average molecular weight is 297 g/mol. The van der Waals surface area contributed by atoms with E-state index in [1.807, 2.05) is 36.1 Å². The monoisotopic (exact) mass is 297 g/mol. The molecule has 1 fully saturated rings. The number of carbonyl (C=O) groups is 1. The molecule has 114 valence electrons. The van der Waals surface area contributed by atoms with Crippen LogP contribution in [0, 0.1) is 6.92 Å². The Bertz CT molecular complexity index is 653. The van der Waals surface area contributed by atoms with Crippen molar-refractivity contribution in [1.29, 1.82) is 0 Å². The summed E-state index contributed by atoms with van der Waals surface area (Å²) in [6, 6.07) is 8.04. The maximum atomic E-state index is 11.8. The fourth-order valence-electron chi connectivity index (χ4n) is 2.50. The molecule has 5 nitrogen and oxygen atoms in total. The van der Waals surface area contributed by atoms with Gasteiger partial charge in [0, 0.05) is 12.5 Å². The van der Waals surface area contributed by atoms with Crippen LogP contribution in [0.5, 0.6) is 11.6 Å². The molecule has 0 N–H and O–H groups in total. The van der Waals surface area contributed by atoms with E-state index < -0.39 is 0 Å². The molecular weight excluding hydrogens is 278 g/mol. The largest absolute Gasteiger partial charge is 0.438 e. The quantitative estimate of drug-likeness (QED) is 0.870. The highest BCUT2D eigenvalue weighted by atomic mass is 16.5. The summed E-state index contributed by atoms with van der Waals surface area (Å²) in [4.78, 5) is 22.2. The van der Waals surface area contributed by atoms with E-state index in [4.69, 9.17) is 4.74 Å². The van der Waals surface area contributed by atoms with Crippen molar-refractivity contribution >= 4 is 5.91 Å². The summed E-state index contributed by atoms with van der Waals surface area (Å²) < 4.78 is 5.65. The summed E-state index contributed by atoms with van der Waals surface area (Å²) >= 11 is 0. The first kappa shape index (κ1) is 14.5. The highest BCUT2D eigenvalue weighted by molar-refractivity contribution is 5.78. The van der Waals surface area contributed by atoms with Crippen LogP contribution in [0.15, 0.2) is 36.7 Å². The second kappa shape index (κ2) is 6.13. The normalized spacial score (nSPS) is 17.8. The fourth-order valence-corrected chi connectivity index (χ4v) is 2.50. The minimum absolute atomic E-state index is 0.189. The molecule has 1 amide bonds. The molecule has 0 spiro atoms. The standard InChI is InChI=1S/C17H19N3O2/c1-12-3-6-15(7-4-12)22-16-10-18-14(9-19-16)11-20-13(2)5-8-17(20)21/h3-4,6-7,9-10,13H,5,8,11H2,1-2H3. The van der Waals surface area contributed by atoms with Crippen molar-refractivity contribution in [1.82, 2.24) is 14.9 Å². The lowest BCUT2D eigenvalue weighted by molar-refractivity contribution is -0.129. The molecule has 1 aromatic carbocycles. The number of hydrogen-bond donors (Lipinski definition) is 0. The van der Waals surface area contributed by atoms with Crippen molar-refractivity contribution in [2.24, 2.45) is 0 Å². The molecule has 2 aromatic rings. The van der Waals surface area contributed by atoms with Gasteiger partial charge >= 0.3 is 0 Å². The number of hydrogen-bond acceptors (Lipinski definition) is 4. The number of aryl methyl sites for hydroxylation is 1. The van der Waals surface area contributed by atoms with Crippen LogP contribution in [0.2, 0.25) is 0 Å². The van der Waals surface area contributed by atoms with Crippen LogP contribution in [-0.4, -0.2) is 26.8 Å². The Morgan fingerprint density at radius 1 is 1.23 bits per heavy atom. The number of rotatable bonds is 4. The van der Waals surface area contributed by atoms with Crippen LogP contribution in [0.25, 0.3) is 0 Å². The van der Waals surface area contributed by atoms with Gasteiger partial charge in [0.05, 0.1) is 24.6 Å². The van der Waals surface area contributed by atoms with E-state index in [1.165, 1.54) is 5.56 Å². The smallest absolute Gasteiger partial charge is 0.237 e. The number of benzene rings is 1. The maximum Gasteiger partial charge on any atom is 0.237 e. The average Bonchev–Trinajstić information content (AvgIpc) is 2.83. The lowest BCUT2D eigenvalue weighted by Gasteiger charge is -2.20. The predicted octanol–water partition coefficient (Wildman–Crippen LogP) is 3.09. The number of aromatic nitrogens is 2. The molecule has 1 aliphatic heterocycles. The van der Waals surface area contributed by atoms with Gasteiger partial charge in [-0.25, -0.2) is 4.98 Å². The molecule has 1 saturated heterocycles. The van der Waals surface area contributed by atoms with Crippen LogP contribution >= 0.6 is 0 Å². The first-order valence-electron chi connectivity index (χ1n) is 7.47. The van der Waals surface area contributed by atoms with Crippen molar-refractivity contribution in [2.75, 3.05) is 0 Å². The third-order valence-electron chi connectivity index (χ3n) is 3.89. The van der Waals surface area contributed by atoms with Crippen LogP contribution in [0.3, 0.4) is 0 Å². The molecule has 5 heteroatoms. The third-order valence-corrected chi connectivity index (χ3v) is 3.89. The fraction of sp³-hybridized carbons (Fsp3) is 0.353. The SMILES string of the molecule is Cc1ccc(Oc2cnc(CN3C(=O)CCC3C)cn2)cc1. The Hall–Kier alpha value is -2.43. The van der Waals surface area contributed by atoms with Crippen molar-refractivity contribution in [3.8, 4) is 11.6 Å². The van der Waals surface area contributed by atoms with Crippen LogP contribution < -0.4 is 4.74 Å². The Kier molecular flexibility index (Phi) is 4.04. The van der Waals surface area contributed by atoms with Gasteiger partial charge in [-0.3, -0.25) is 9.78 Å². The summed E-state index contributed by atoms with van der Waals surface area (Å²) in [6.07, 6.45) is 4.81. The van der Waals surface area contributed by atoms with Crippen molar-refractivity contribution in [3.63, 3.8) is 0 Å². The summed E-state index contributed by atoms with van der Waals surface area (Å²) in [5, 5.41) is 0. The molecule has 0 bridgehead atoms. The predicted molar refractivity (Wildman–Crippen MR) is 82.5 cm³/mol. The minimum Gasteiger partial charge on any atom is -0.438 e. The van der Waals surface area contributed by atoms with Gasteiger partial charge in [0.15, 0.2) is 0 Å². The number of ether oxygens (including phenoxy) is 1. The molecule has 3 rings (SSSR count). The van der Waals surface area contributed by atoms with Gasteiger partial charge in [-0.1, -0.05) is 17.7 Å². The van der Waals surface area contributed by atoms with E-state index in [2.05, 4.69) is 16.9 Å². The van der Waals surface area contributed by atoms with Gasteiger partial charge in [-0.2, -0.15) is 0 Å². The minimum atomic E-state index is 0.189. The number of carbonyl (C=O) groups excluding carboxylic acids is 1. The number of amides is 1. The third kappa shape index (κ3) is 3.24. The van der Waals surface area contributed by atoms with Gasteiger partial charge < -0.3 is 9.64 Å². The summed E-state index contributed by atoms with van der Waals surface area (Å²) in [5.74, 6) is 1.37. The van der Waals surface area contributed by atoms with E-state index >= 15 is 0 Å². The lowest BCUT2D eigenvalue weighted by atomic mass is 10.2. The Balaban J connectivity index is 1.65. The van der Waals surface area contributed by atoms with E-state index in [9.17, 15) is 4.79 Å². The molecule has 1 unspecified atom stereocenters. The van der Waals surface area contributed by atoms with Gasteiger partial charge in [-0.05, 0) is 32.4 Å². The van der Waals surface area contributed by atoms with Crippen molar-refractivity contribution in [3.05, 3.63) is 47.9 Å². The number of nitrogens with zero attached hydrogens (tertiary/aromatic N) is 3. The summed E-state index contributed by atoms with van der Waals surface area (Å²) in [7, 11) is 0. The van der Waals surface area contributed by atoms with Crippen LogP contribution in [-0.2, 0) is 11.3 Å². The van der Waals surface area contributed by atoms with E-state index in [1.54, 1.807) is 12.4 Å². The van der Waals surface area contributed by atoms with Gasteiger partial charge in [0.2, 0.25) is 11.8 Å². The van der Waals surface area contributed by atoms with E-state index in [-0.39, 0.29) is 11.9 Å². The Labute approximate surface area is 130 Å². The maximum absolute atomic E-state index is 11.8. The highest BCUT2D eigenvalue weighted by Gasteiger charge is 2.27. The zero-order valence-electron chi connectivity index (χ0n) is 12.8.